The van der Waals surface area contributed by atoms with Gasteiger partial charge in [0.15, 0.2) is 0 Å². The van der Waals surface area contributed by atoms with Gasteiger partial charge in [0.2, 0.25) is 5.88 Å². The minimum atomic E-state index is 0.492. The zero-order valence-electron chi connectivity index (χ0n) is 8.95. The van der Waals surface area contributed by atoms with Gasteiger partial charge in [0.1, 0.15) is 22.4 Å². The van der Waals surface area contributed by atoms with Crippen molar-refractivity contribution in [2.24, 2.45) is 0 Å². The molecule has 17 heavy (non-hydrogen) atoms. The molecule has 0 unspecified atom stereocenters. The molecule has 2 rings (SSSR count). The van der Waals surface area contributed by atoms with Crippen LogP contribution in [0.3, 0.4) is 0 Å². The first-order valence-electron chi connectivity index (χ1n) is 4.82. The Hall–Kier alpha value is -0.890. The molecule has 1 heterocycles. The van der Waals surface area contributed by atoms with Crippen LogP contribution in [-0.2, 0) is 0 Å². The van der Waals surface area contributed by atoms with E-state index in [4.69, 9.17) is 4.74 Å². The van der Waals surface area contributed by atoms with Crippen LogP contribution < -0.4 is 10.1 Å². The van der Waals surface area contributed by atoms with Crippen molar-refractivity contribution < 1.29 is 4.74 Å². The predicted octanol–water partition coefficient (Wildman–Crippen LogP) is 3.68. The molecule has 0 aliphatic heterocycles. The second-order valence-corrected chi connectivity index (χ2v) is 5.19. The molecule has 1 aromatic heterocycles. The highest BCUT2D eigenvalue weighted by Crippen LogP contribution is 2.31. The van der Waals surface area contributed by atoms with E-state index in [1.165, 1.54) is 6.33 Å². The van der Waals surface area contributed by atoms with Gasteiger partial charge in [0, 0.05) is 10.6 Å². The minimum Gasteiger partial charge on any atom is -0.438 e. The number of nitrogens with one attached hydrogen (secondary N) is 1. The van der Waals surface area contributed by atoms with Gasteiger partial charge in [-0.3, -0.25) is 0 Å². The number of hydrogen-bond acceptors (Lipinski definition) is 4. The fourth-order valence-electron chi connectivity index (χ4n) is 1.24. The molecule has 88 valence electrons. The first-order chi connectivity index (χ1) is 8.20. The number of rotatable bonds is 3. The molecule has 4 nitrogen and oxygen atoms in total. The summed E-state index contributed by atoms with van der Waals surface area (Å²) in [5.41, 5.74) is 0. The normalized spacial score (nSPS) is 10.1. The van der Waals surface area contributed by atoms with Gasteiger partial charge in [-0.15, -0.1) is 0 Å². The summed E-state index contributed by atoms with van der Waals surface area (Å²) in [7, 11) is 1.79. The molecule has 2 aromatic rings. The number of hydrogen-bond donors (Lipinski definition) is 1. The second-order valence-electron chi connectivity index (χ2n) is 3.15. The maximum Gasteiger partial charge on any atom is 0.238 e. The highest BCUT2D eigenvalue weighted by atomic mass is 127. The summed E-state index contributed by atoms with van der Waals surface area (Å²) in [5.74, 6) is 1.94. The molecular formula is C11H9BrIN3O. The molecule has 0 bridgehead atoms. The van der Waals surface area contributed by atoms with Crippen LogP contribution in [-0.4, -0.2) is 17.0 Å². The van der Waals surface area contributed by atoms with Crippen LogP contribution in [0.5, 0.6) is 11.6 Å². The van der Waals surface area contributed by atoms with Crippen LogP contribution in [0.15, 0.2) is 35.1 Å². The molecule has 0 saturated heterocycles. The molecule has 0 saturated carbocycles. The van der Waals surface area contributed by atoms with Crippen LogP contribution in [0, 0.1) is 3.57 Å². The number of anilines is 1. The summed E-state index contributed by atoms with van der Waals surface area (Å²) in [4.78, 5) is 8.16. The van der Waals surface area contributed by atoms with Crippen LogP contribution >= 0.6 is 38.5 Å². The number of halogens is 2. The summed E-state index contributed by atoms with van der Waals surface area (Å²) in [6, 6.07) is 7.76. The summed E-state index contributed by atoms with van der Waals surface area (Å²) in [5, 5.41) is 2.95. The smallest absolute Gasteiger partial charge is 0.238 e. The van der Waals surface area contributed by atoms with Crippen molar-refractivity contribution in [3.8, 4) is 11.6 Å². The van der Waals surface area contributed by atoms with Gasteiger partial charge in [0.05, 0.1) is 0 Å². The van der Waals surface area contributed by atoms with Crippen molar-refractivity contribution in [2.75, 3.05) is 12.4 Å². The lowest BCUT2D eigenvalue weighted by Crippen LogP contribution is -1.97. The van der Waals surface area contributed by atoms with Crippen molar-refractivity contribution in [3.05, 3.63) is 38.6 Å². The molecule has 0 amide bonds. The van der Waals surface area contributed by atoms with Gasteiger partial charge < -0.3 is 10.1 Å². The third-order valence-electron chi connectivity index (χ3n) is 2.00. The Morgan fingerprint density at radius 2 is 2.18 bits per heavy atom. The Labute approximate surface area is 121 Å². The maximum atomic E-state index is 5.69. The molecule has 1 N–H and O–H groups in total. The van der Waals surface area contributed by atoms with Crippen LogP contribution in [0.4, 0.5) is 5.82 Å². The predicted molar refractivity (Wildman–Crippen MR) is 78.5 cm³/mol. The molecule has 0 radical (unpaired) electrons. The van der Waals surface area contributed by atoms with E-state index in [2.05, 4.69) is 53.8 Å². The van der Waals surface area contributed by atoms with Crippen molar-refractivity contribution >= 4 is 44.3 Å². The largest absolute Gasteiger partial charge is 0.438 e. The highest BCUT2D eigenvalue weighted by molar-refractivity contribution is 14.1. The van der Waals surface area contributed by atoms with Crippen molar-refractivity contribution in [1.82, 2.24) is 9.97 Å². The Morgan fingerprint density at radius 1 is 1.35 bits per heavy atom. The Balaban J connectivity index is 2.30. The van der Waals surface area contributed by atoms with Gasteiger partial charge in [-0.05, 0) is 56.7 Å². The van der Waals surface area contributed by atoms with Gasteiger partial charge in [0.25, 0.3) is 0 Å². The number of aromatic nitrogens is 2. The van der Waals surface area contributed by atoms with Crippen LogP contribution in [0.2, 0.25) is 0 Å². The highest BCUT2D eigenvalue weighted by Gasteiger charge is 2.09. The van der Waals surface area contributed by atoms with Crippen molar-refractivity contribution in [1.29, 1.82) is 0 Å². The summed E-state index contributed by atoms with van der Waals surface area (Å²) < 4.78 is 7.51. The molecule has 6 heteroatoms. The molecule has 0 spiro atoms. The summed E-state index contributed by atoms with van der Waals surface area (Å²) >= 11 is 5.64. The van der Waals surface area contributed by atoms with E-state index >= 15 is 0 Å². The van der Waals surface area contributed by atoms with Crippen molar-refractivity contribution in [2.45, 2.75) is 0 Å². The van der Waals surface area contributed by atoms with E-state index in [1.807, 2.05) is 24.3 Å². The summed E-state index contributed by atoms with van der Waals surface area (Å²) in [6.07, 6.45) is 1.46. The fourth-order valence-corrected chi connectivity index (χ4v) is 2.24. The Bertz CT molecular complexity index is 536. The first-order valence-corrected chi connectivity index (χ1v) is 6.69. The second kappa shape index (κ2) is 5.63. The van der Waals surface area contributed by atoms with E-state index in [1.54, 1.807) is 7.05 Å². The Kier molecular flexibility index (Phi) is 4.16. The number of ether oxygens (including phenoxy) is 1. The average Bonchev–Trinajstić information content (AvgIpc) is 2.32. The monoisotopic (exact) mass is 405 g/mol. The van der Waals surface area contributed by atoms with E-state index in [0.29, 0.717) is 16.2 Å². The average molecular weight is 406 g/mol. The fraction of sp³-hybridized carbons (Fsp3) is 0.0909. The Morgan fingerprint density at radius 3 is 2.88 bits per heavy atom. The molecule has 0 aliphatic rings. The van der Waals surface area contributed by atoms with Gasteiger partial charge in [-0.25, -0.2) is 9.97 Å². The quantitative estimate of drug-likeness (QED) is 0.791. The lowest BCUT2D eigenvalue weighted by atomic mass is 10.3. The zero-order chi connectivity index (χ0) is 12.3. The zero-order valence-corrected chi connectivity index (χ0v) is 12.7. The SMILES string of the molecule is CNc1ncnc(Oc2cccc(I)c2)c1Br. The molecule has 0 atom stereocenters. The lowest BCUT2D eigenvalue weighted by molar-refractivity contribution is 0.458. The topological polar surface area (TPSA) is 47.0 Å². The van der Waals surface area contributed by atoms with Crippen LogP contribution in [0.1, 0.15) is 0 Å². The van der Waals surface area contributed by atoms with E-state index in [-0.39, 0.29) is 0 Å². The van der Waals surface area contributed by atoms with E-state index in [0.717, 1.165) is 9.32 Å². The van der Waals surface area contributed by atoms with Crippen molar-refractivity contribution in [3.63, 3.8) is 0 Å². The molecule has 0 fully saturated rings. The van der Waals surface area contributed by atoms with Gasteiger partial charge in [-0.2, -0.15) is 0 Å². The maximum absolute atomic E-state index is 5.69. The standard InChI is InChI=1S/C11H9BrIN3O/c1-14-10-9(12)11(16-6-15-10)17-8-4-2-3-7(13)5-8/h2-6H,1H3,(H,14,15,16). The third-order valence-corrected chi connectivity index (χ3v) is 3.39. The molecule has 0 aliphatic carbocycles. The minimum absolute atomic E-state index is 0.492. The summed E-state index contributed by atoms with van der Waals surface area (Å²) in [6.45, 7) is 0. The molecule has 1 aromatic carbocycles. The van der Waals surface area contributed by atoms with Gasteiger partial charge >= 0.3 is 0 Å². The van der Waals surface area contributed by atoms with E-state index < -0.39 is 0 Å². The number of nitrogens with zero attached hydrogens (tertiary/aromatic N) is 2. The lowest BCUT2D eigenvalue weighted by Gasteiger charge is -2.08. The first kappa shape index (κ1) is 12.6. The molecular weight excluding hydrogens is 397 g/mol. The van der Waals surface area contributed by atoms with E-state index in [9.17, 15) is 0 Å². The number of benzene rings is 1. The van der Waals surface area contributed by atoms with Crippen LogP contribution in [0.25, 0.3) is 0 Å². The van der Waals surface area contributed by atoms with Gasteiger partial charge in [-0.1, -0.05) is 6.07 Å². The third kappa shape index (κ3) is 3.06.